The van der Waals surface area contributed by atoms with Gasteiger partial charge in [-0.1, -0.05) is 0 Å². The van der Waals surface area contributed by atoms with Gasteiger partial charge in [0.05, 0.1) is 0 Å². The van der Waals surface area contributed by atoms with Crippen molar-refractivity contribution in [3.05, 3.63) is 34.2 Å². The van der Waals surface area contributed by atoms with E-state index in [1.165, 1.54) is 12.3 Å². The summed E-state index contributed by atoms with van der Waals surface area (Å²) < 4.78 is 0. The van der Waals surface area contributed by atoms with E-state index in [0.717, 1.165) is 0 Å². The molecule has 0 radical (unpaired) electrons. The van der Waals surface area contributed by atoms with E-state index in [0.29, 0.717) is 12.1 Å². The van der Waals surface area contributed by atoms with Crippen LogP contribution >= 0.6 is 0 Å². The van der Waals surface area contributed by atoms with Crippen molar-refractivity contribution >= 4 is 5.91 Å². The number of aromatic amines is 1. The summed E-state index contributed by atoms with van der Waals surface area (Å²) in [5.74, 6) is -0.295. The first-order valence-corrected chi connectivity index (χ1v) is 4.66. The van der Waals surface area contributed by atoms with Crippen molar-refractivity contribution in [2.45, 2.75) is 19.4 Å². The second-order valence-electron chi connectivity index (χ2n) is 3.98. The molecule has 82 valence electrons. The molecule has 5 heteroatoms. The van der Waals surface area contributed by atoms with Crippen molar-refractivity contribution in [1.82, 2.24) is 10.3 Å². The van der Waals surface area contributed by atoms with Gasteiger partial charge in [0.1, 0.15) is 0 Å². The molecule has 1 heterocycles. The van der Waals surface area contributed by atoms with Gasteiger partial charge in [0.15, 0.2) is 0 Å². The summed E-state index contributed by atoms with van der Waals surface area (Å²) in [6, 6.07) is 2.80. The Hall–Kier alpha value is -1.62. The largest absolute Gasteiger partial charge is 0.346 e. The highest BCUT2D eigenvalue weighted by Gasteiger charge is 2.19. The highest BCUT2D eigenvalue weighted by molar-refractivity contribution is 5.94. The molecule has 15 heavy (non-hydrogen) atoms. The predicted octanol–water partition coefficient (Wildman–Crippen LogP) is -0.158. The molecule has 0 aromatic carbocycles. The smallest absolute Gasteiger partial charge is 0.251 e. The standard InChI is InChI=1S/C10H15N3O2/c1-10(2,6-11)13-9(15)7-3-4-12-8(14)5-7/h3-5H,6,11H2,1-2H3,(H,12,14)(H,13,15). The number of carbonyl (C=O) groups excluding carboxylic acids is 1. The molecule has 0 bridgehead atoms. The van der Waals surface area contributed by atoms with Gasteiger partial charge in [-0.05, 0) is 19.9 Å². The fourth-order valence-corrected chi connectivity index (χ4v) is 1.02. The van der Waals surface area contributed by atoms with Gasteiger partial charge >= 0.3 is 0 Å². The van der Waals surface area contributed by atoms with Gasteiger partial charge in [0, 0.05) is 29.9 Å². The lowest BCUT2D eigenvalue weighted by Crippen LogP contribution is -2.48. The van der Waals surface area contributed by atoms with Gasteiger partial charge < -0.3 is 16.0 Å². The molecule has 0 aliphatic carbocycles. The van der Waals surface area contributed by atoms with Crippen LogP contribution in [-0.4, -0.2) is 23.0 Å². The summed E-state index contributed by atoms with van der Waals surface area (Å²) in [7, 11) is 0. The first kappa shape index (κ1) is 11.5. The third-order valence-electron chi connectivity index (χ3n) is 2.00. The number of nitrogens with one attached hydrogen (secondary N) is 2. The van der Waals surface area contributed by atoms with E-state index in [1.54, 1.807) is 6.07 Å². The SMILES string of the molecule is CC(C)(CN)NC(=O)c1cc[nH]c(=O)c1. The number of carbonyl (C=O) groups is 1. The van der Waals surface area contributed by atoms with E-state index < -0.39 is 5.54 Å². The predicted molar refractivity (Wildman–Crippen MR) is 57.7 cm³/mol. The maximum Gasteiger partial charge on any atom is 0.251 e. The molecule has 0 fully saturated rings. The van der Waals surface area contributed by atoms with Gasteiger partial charge in [0.2, 0.25) is 5.56 Å². The summed E-state index contributed by atoms with van der Waals surface area (Å²) in [6.45, 7) is 3.97. The Morgan fingerprint density at radius 3 is 2.80 bits per heavy atom. The number of H-pyrrole nitrogens is 1. The van der Waals surface area contributed by atoms with Crippen molar-refractivity contribution < 1.29 is 4.79 Å². The zero-order chi connectivity index (χ0) is 11.5. The number of hydrogen-bond acceptors (Lipinski definition) is 3. The van der Waals surface area contributed by atoms with Crippen LogP contribution in [0.4, 0.5) is 0 Å². The monoisotopic (exact) mass is 209 g/mol. The number of amides is 1. The van der Waals surface area contributed by atoms with Crippen molar-refractivity contribution in [1.29, 1.82) is 0 Å². The number of nitrogens with two attached hydrogens (primary N) is 1. The summed E-state index contributed by atoms with van der Waals surface area (Å²) >= 11 is 0. The third-order valence-corrected chi connectivity index (χ3v) is 2.00. The molecule has 0 saturated heterocycles. The lowest BCUT2D eigenvalue weighted by Gasteiger charge is -2.24. The van der Waals surface area contributed by atoms with Crippen LogP contribution in [0.3, 0.4) is 0 Å². The van der Waals surface area contributed by atoms with E-state index in [-0.39, 0.29) is 11.5 Å². The molecule has 1 aromatic heterocycles. The first-order chi connectivity index (χ1) is 6.94. The molecule has 0 atom stereocenters. The molecule has 5 nitrogen and oxygen atoms in total. The average molecular weight is 209 g/mol. The molecule has 1 amide bonds. The molecule has 0 aliphatic rings. The second kappa shape index (κ2) is 4.27. The summed E-state index contributed by atoms with van der Waals surface area (Å²) in [6.07, 6.45) is 1.44. The lowest BCUT2D eigenvalue weighted by atomic mass is 10.1. The Kier molecular flexibility index (Phi) is 3.26. The molecular weight excluding hydrogens is 194 g/mol. The Labute approximate surface area is 87.7 Å². The van der Waals surface area contributed by atoms with Crippen molar-refractivity contribution in [3.8, 4) is 0 Å². The van der Waals surface area contributed by atoms with Crippen LogP contribution in [0.5, 0.6) is 0 Å². The molecule has 0 unspecified atom stereocenters. The Bertz CT molecular complexity index is 409. The van der Waals surface area contributed by atoms with E-state index in [4.69, 9.17) is 5.73 Å². The van der Waals surface area contributed by atoms with E-state index in [2.05, 4.69) is 10.3 Å². The molecular formula is C10H15N3O2. The third kappa shape index (κ3) is 3.21. The zero-order valence-electron chi connectivity index (χ0n) is 8.83. The summed E-state index contributed by atoms with van der Waals surface area (Å²) in [4.78, 5) is 25.1. The van der Waals surface area contributed by atoms with Crippen LogP contribution in [0.2, 0.25) is 0 Å². The minimum absolute atomic E-state index is 0.295. The highest BCUT2D eigenvalue weighted by Crippen LogP contribution is 2.01. The van der Waals surface area contributed by atoms with E-state index >= 15 is 0 Å². The number of pyridine rings is 1. The minimum Gasteiger partial charge on any atom is -0.346 e. The summed E-state index contributed by atoms with van der Waals surface area (Å²) in [5.41, 5.74) is 5.04. The highest BCUT2D eigenvalue weighted by atomic mass is 16.2. The fraction of sp³-hybridized carbons (Fsp3) is 0.400. The Balaban J connectivity index is 2.83. The van der Waals surface area contributed by atoms with Crippen LogP contribution in [-0.2, 0) is 0 Å². The van der Waals surface area contributed by atoms with Crippen LogP contribution < -0.4 is 16.6 Å². The Morgan fingerprint density at radius 1 is 1.60 bits per heavy atom. The van der Waals surface area contributed by atoms with Crippen molar-refractivity contribution in [2.24, 2.45) is 5.73 Å². The van der Waals surface area contributed by atoms with Crippen LogP contribution in [0, 0.1) is 0 Å². The van der Waals surface area contributed by atoms with Gasteiger partial charge in [0.25, 0.3) is 5.91 Å². The van der Waals surface area contributed by atoms with Crippen molar-refractivity contribution in [3.63, 3.8) is 0 Å². The van der Waals surface area contributed by atoms with Crippen LogP contribution in [0.25, 0.3) is 0 Å². The van der Waals surface area contributed by atoms with Gasteiger partial charge in [-0.25, -0.2) is 0 Å². The zero-order valence-corrected chi connectivity index (χ0v) is 8.83. The molecule has 4 N–H and O–H groups in total. The van der Waals surface area contributed by atoms with Gasteiger partial charge in [-0.2, -0.15) is 0 Å². The molecule has 0 spiro atoms. The van der Waals surface area contributed by atoms with Gasteiger partial charge in [-0.15, -0.1) is 0 Å². The second-order valence-corrected chi connectivity index (χ2v) is 3.98. The average Bonchev–Trinajstić information content (AvgIpc) is 2.17. The quantitative estimate of drug-likeness (QED) is 0.646. The fourth-order valence-electron chi connectivity index (χ4n) is 1.02. The van der Waals surface area contributed by atoms with Crippen LogP contribution in [0.1, 0.15) is 24.2 Å². The maximum absolute atomic E-state index is 11.7. The number of hydrogen-bond donors (Lipinski definition) is 3. The molecule has 0 aliphatic heterocycles. The number of aromatic nitrogens is 1. The Morgan fingerprint density at radius 2 is 2.27 bits per heavy atom. The van der Waals surface area contributed by atoms with E-state index in [1.807, 2.05) is 13.8 Å². The molecule has 1 aromatic rings. The van der Waals surface area contributed by atoms with E-state index in [9.17, 15) is 9.59 Å². The molecule has 1 rings (SSSR count). The minimum atomic E-state index is -0.473. The maximum atomic E-state index is 11.7. The normalized spacial score (nSPS) is 11.1. The lowest BCUT2D eigenvalue weighted by molar-refractivity contribution is 0.0915. The van der Waals surface area contributed by atoms with Crippen molar-refractivity contribution in [2.75, 3.05) is 6.54 Å². The molecule has 0 saturated carbocycles. The summed E-state index contributed by atoms with van der Waals surface area (Å²) in [5, 5.41) is 2.73. The number of rotatable bonds is 3. The van der Waals surface area contributed by atoms with Gasteiger partial charge in [-0.3, -0.25) is 9.59 Å². The first-order valence-electron chi connectivity index (χ1n) is 4.66. The topological polar surface area (TPSA) is 88.0 Å². The van der Waals surface area contributed by atoms with Crippen LogP contribution in [0.15, 0.2) is 23.1 Å².